The molecule has 0 aliphatic heterocycles. The highest BCUT2D eigenvalue weighted by Gasteiger charge is 2.15. The van der Waals surface area contributed by atoms with E-state index in [0.717, 1.165) is 11.1 Å². The highest BCUT2D eigenvalue weighted by molar-refractivity contribution is 5.78. The van der Waals surface area contributed by atoms with Crippen molar-refractivity contribution in [2.45, 2.75) is 27.2 Å². The summed E-state index contributed by atoms with van der Waals surface area (Å²) in [4.78, 5) is 27.1. The van der Waals surface area contributed by atoms with Crippen LogP contribution in [0.3, 0.4) is 0 Å². The SMILES string of the molecule is CC(=O)NCCNC(=O)Cc1nc(-c2ccccc2C)oc1C. The number of rotatable bonds is 6. The van der Waals surface area contributed by atoms with E-state index >= 15 is 0 Å². The molecule has 0 saturated heterocycles. The summed E-state index contributed by atoms with van der Waals surface area (Å²) in [6.07, 6.45) is 0.154. The topological polar surface area (TPSA) is 84.2 Å². The molecule has 0 fully saturated rings. The molecule has 2 aromatic rings. The zero-order chi connectivity index (χ0) is 16.8. The third kappa shape index (κ3) is 4.67. The Morgan fingerprint density at radius 3 is 2.52 bits per heavy atom. The molecular weight excluding hydrogens is 294 g/mol. The summed E-state index contributed by atoms with van der Waals surface area (Å²) in [6.45, 7) is 6.03. The van der Waals surface area contributed by atoms with Gasteiger partial charge in [0.1, 0.15) is 5.76 Å². The largest absolute Gasteiger partial charge is 0.441 e. The van der Waals surface area contributed by atoms with Crippen molar-refractivity contribution in [3.05, 3.63) is 41.3 Å². The second kappa shape index (κ2) is 7.58. The Hall–Kier alpha value is -2.63. The molecule has 1 aromatic heterocycles. The van der Waals surface area contributed by atoms with Crippen LogP contribution in [-0.2, 0) is 16.0 Å². The molecule has 6 nitrogen and oxygen atoms in total. The summed E-state index contributed by atoms with van der Waals surface area (Å²) >= 11 is 0. The lowest BCUT2D eigenvalue weighted by Crippen LogP contribution is -2.34. The van der Waals surface area contributed by atoms with Crippen molar-refractivity contribution in [2.75, 3.05) is 13.1 Å². The molecule has 1 heterocycles. The van der Waals surface area contributed by atoms with Crippen LogP contribution in [0.5, 0.6) is 0 Å². The van der Waals surface area contributed by atoms with E-state index in [-0.39, 0.29) is 18.2 Å². The molecule has 0 aliphatic carbocycles. The summed E-state index contributed by atoms with van der Waals surface area (Å²) in [5.41, 5.74) is 2.62. The lowest BCUT2D eigenvalue weighted by molar-refractivity contribution is -0.121. The fourth-order valence-corrected chi connectivity index (χ4v) is 2.18. The standard InChI is InChI=1S/C17H21N3O3/c1-11-6-4-5-7-14(11)17-20-15(12(2)23-17)10-16(22)19-9-8-18-13(3)21/h4-7H,8-10H2,1-3H3,(H,18,21)(H,19,22). The van der Waals surface area contributed by atoms with E-state index in [1.54, 1.807) is 6.92 Å². The van der Waals surface area contributed by atoms with Crippen molar-refractivity contribution in [3.8, 4) is 11.5 Å². The van der Waals surface area contributed by atoms with Gasteiger partial charge in [0.25, 0.3) is 0 Å². The third-order valence-corrected chi connectivity index (χ3v) is 3.42. The first kappa shape index (κ1) is 16.7. The molecule has 23 heavy (non-hydrogen) atoms. The van der Waals surface area contributed by atoms with E-state index in [9.17, 15) is 9.59 Å². The van der Waals surface area contributed by atoms with Crippen molar-refractivity contribution in [1.82, 2.24) is 15.6 Å². The number of nitrogens with one attached hydrogen (secondary N) is 2. The van der Waals surface area contributed by atoms with Crippen LogP contribution in [0.4, 0.5) is 0 Å². The second-order valence-electron chi connectivity index (χ2n) is 5.35. The number of amides is 2. The Labute approximate surface area is 135 Å². The van der Waals surface area contributed by atoms with Crippen molar-refractivity contribution in [3.63, 3.8) is 0 Å². The molecule has 2 N–H and O–H groups in total. The first-order chi connectivity index (χ1) is 11.0. The molecule has 0 radical (unpaired) electrons. The van der Waals surface area contributed by atoms with Crippen LogP contribution in [0, 0.1) is 13.8 Å². The minimum Gasteiger partial charge on any atom is -0.441 e. The highest BCUT2D eigenvalue weighted by atomic mass is 16.4. The summed E-state index contributed by atoms with van der Waals surface area (Å²) in [5.74, 6) is 0.902. The number of hydrogen-bond donors (Lipinski definition) is 2. The number of oxazole rings is 1. The van der Waals surface area contributed by atoms with Gasteiger partial charge in [0.05, 0.1) is 12.1 Å². The van der Waals surface area contributed by atoms with Crippen LogP contribution in [0.1, 0.15) is 23.9 Å². The van der Waals surface area contributed by atoms with Crippen molar-refractivity contribution in [2.24, 2.45) is 0 Å². The molecule has 6 heteroatoms. The Balaban J connectivity index is 1.98. The molecule has 0 bridgehead atoms. The van der Waals surface area contributed by atoms with Crippen molar-refractivity contribution >= 4 is 11.8 Å². The summed E-state index contributed by atoms with van der Waals surface area (Å²) in [6, 6.07) is 7.81. The van der Waals surface area contributed by atoms with Gasteiger partial charge in [0, 0.05) is 25.6 Å². The van der Waals surface area contributed by atoms with Gasteiger partial charge in [-0.1, -0.05) is 18.2 Å². The van der Waals surface area contributed by atoms with Gasteiger partial charge in [0.15, 0.2) is 0 Å². The Morgan fingerprint density at radius 2 is 1.83 bits per heavy atom. The van der Waals surface area contributed by atoms with Crippen LogP contribution < -0.4 is 10.6 Å². The number of carbonyl (C=O) groups excluding carboxylic acids is 2. The van der Waals surface area contributed by atoms with Crippen LogP contribution in [0.15, 0.2) is 28.7 Å². The summed E-state index contributed by atoms with van der Waals surface area (Å²) < 4.78 is 5.69. The minimum absolute atomic E-state index is 0.116. The Kier molecular flexibility index (Phi) is 5.51. The number of carbonyl (C=O) groups is 2. The quantitative estimate of drug-likeness (QED) is 0.796. The molecule has 122 valence electrons. The number of nitrogens with zero attached hydrogens (tertiary/aromatic N) is 1. The van der Waals surface area contributed by atoms with Crippen LogP contribution in [0.2, 0.25) is 0 Å². The Morgan fingerprint density at radius 1 is 1.13 bits per heavy atom. The number of aromatic nitrogens is 1. The molecule has 0 aliphatic rings. The van der Waals surface area contributed by atoms with Crippen LogP contribution in [-0.4, -0.2) is 29.9 Å². The van der Waals surface area contributed by atoms with E-state index < -0.39 is 0 Å². The molecule has 2 rings (SSSR count). The van der Waals surface area contributed by atoms with Crippen LogP contribution in [0.25, 0.3) is 11.5 Å². The fourth-order valence-electron chi connectivity index (χ4n) is 2.18. The predicted octanol–water partition coefficient (Wildman–Crippen LogP) is 1.75. The first-order valence-corrected chi connectivity index (χ1v) is 7.51. The van der Waals surface area contributed by atoms with E-state index in [1.807, 2.05) is 31.2 Å². The van der Waals surface area contributed by atoms with Crippen LogP contribution >= 0.6 is 0 Å². The van der Waals surface area contributed by atoms with Gasteiger partial charge < -0.3 is 15.1 Å². The first-order valence-electron chi connectivity index (χ1n) is 7.51. The lowest BCUT2D eigenvalue weighted by Gasteiger charge is -2.04. The molecule has 0 saturated carbocycles. The monoisotopic (exact) mass is 315 g/mol. The van der Waals surface area contributed by atoms with Gasteiger partial charge in [-0.3, -0.25) is 9.59 Å². The minimum atomic E-state index is -0.150. The highest BCUT2D eigenvalue weighted by Crippen LogP contribution is 2.24. The predicted molar refractivity (Wildman–Crippen MR) is 86.8 cm³/mol. The molecule has 1 aromatic carbocycles. The van der Waals surface area contributed by atoms with E-state index in [0.29, 0.717) is 30.4 Å². The van der Waals surface area contributed by atoms with Gasteiger partial charge in [-0.2, -0.15) is 0 Å². The summed E-state index contributed by atoms with van der Waals surface area (Å²) in [7, 11) is 0. The number of benzene rings is 1. The zero-order valence-electron chi connectivity index (χ0n) is 13.6. The average molecular weight is 315 g/mol. The fraction of sp³-hybridized carbons (Fsp3) is 0.353. The van der Waals surface area contributed by atoms with E-state index in [2.05, 4.69) is 15.6 Å². The normalized spacial score (nSPS) is 10.4. The molecule has 0 atom stereocenters. The molecular formula is C17H21N3O3. The maximum Gasteiger partial charge on any atom is 0.226 e. The third-order valence-electron chi connectivity index (χ3n) is 3.42. The maximum absolute atomic E-state index is 11.9. The van der Waals surface area contributed by atoms with Gasteiger partial charge in [-0.05, 0) is 25.5 Å². The van der Waals surface area contributed by atoms with Crippen molar-refractivity contribution < 1.29 is 14.0 Å². The van der Waals surface area contributed by atoms with Gasteiger partial charge >= 0.3 is 0 Å². The smallest absolute Gasteiger partial charge is 0.226 e. The molecule has 0 spiro atoms. The second-order valence-corrected chi connectivity index (χ2v) is 5.35. The van der Waals surface area contributed by atoms with Gasteiger partial charge in [0.2, 0.25) is 17.7 Å². The van der Waals surface area contributed by atoms with Gasteiger partial charge in [-0.25, -0.2) is 4.98 Å². The van der Waals surface area contributed by atoms with Gasteiger partial charge in [-0.15, -0.1) is 0 Å². The molecule has 0 unspecified atom stereocenters. The molecule has 2 amide bonds. The maximum atomic E-state index is 11.9. The van der Waals surface area contributed by atoms with Crippen molar-refractivity contribution in [1.29, 1.82) is 0 Å². The number of hydrogen-bond acceptors (Lipinski definition) is 4. The average Bonchev–Trinajstić information content (AvgIpc) is 2.85. The Bertz CT molecular complexity index is 707. The summed E-state index contributed by atoms with van der Waals surface area (Å²) in [5, 5.41) is 5.36. The van der Waals surface area contributed by atoms with E-state index in [1.165, 1.54) is 6.92 Å². The zero-order valence-corrected chi connectivity index (χ0v) is 13.6. The number of aryl methyl sites for hydroxylation is 2. The van der Waals surface area contributed by atoms with E-state index in [4.69, 9.17) is 4.42 Å². The lowest BCUT2D eigenvalue weighted by atomic mass is 10.1.